The van der Waals surface area contributed by atoms with E-state index in [0.29, 0.717) is 27.1 Å². The van der Waals surface area contributed by atoms with Crippen molar-refractivity contribution in [2.45, 2.75) is 11.6 Å². The number of nitrogens with zero attached hydrogens (tertiary/aromatic N) is 2. The lowest BCUT2D eigenvalue weighted by Gasteiger charge is -2.07. The lowest BCUT2D eigenvalue weighted by Crippen LogP contribution is -1.95. The topological polar surface area (TPSA) is 85.5 Å². The summed E-state index contributed by atoms with van der Waals surface area (Å²) < 4.78 is 10.7. The number of halogens is 2. The fraction of sp³-hybridized carbons (Fsp3) is 0.250. The zero-order valence-corrected chi connectivity index (χ0v) is 13.1. The third-order valence-electron chi connectivity index (χ3n) is 2.40. The number of methoxy groups -OCH3 is 1. The molecule has 9 heteroatoms. The number of aromatic nitrogens is 2. The second-order valence-corrected chi connectivity index (χ2v) is 5.72. The minimum atomic E-state index is -0.885. The van der Waals surface area contributed by atoms with Crippen LogP contribution in [-0.2, 0) is 4.79 Å². The Morgan fingerprint density at radius 3 is 2.86 bits per heavy atom. The van der Waals surface area contributed by atoms with Gasteiger partial charge in [0.15, 0.2) is 0 Å². The third-order valence-corrected chi connectivity index (χ3v) is 3.74. The molecule has 1 heterocycles. The number of ether oxygens (including phenoxy) is 1. The number of aliphatic carboxylic acids is 1. The Labute approximate surface area is 134 Å². The van der Waals surface area contributed by atoms with Crippen LogP contribution in [0, 0.1) is 0 Å². The van der Waals surface area contributed by atoms with E-state index in [1.165, 1.54) is 7.11 Å². The molecule has 0 amide bonds. The van der Waals surface area contributed by atoms with Crippen molar-refractivity contribution in [2.75, 3.05) is 12.9 Å². The first kappa shape index (κ1) is 15.9. The molecule has 2 rings (SSSR count). The van der Waals surface area contributed by atoms with Crippen LogP contribution in [-0.4, -0.2) is 34.1 Å². The molecule has 0 radical (unpaired) electrons. The van der Waals surface area contributed by atoms with Crippen molar-refractivity contribution in [1.82, 2.24) is 10.2 Å². The fourth-order valence-electron chi connectivity index (χ4n) is 1.51. The summed E-state index contributed by atoms with van der Waals surface area (Å²) >= 11 is 13.2. The molecule has 112 valence electrons. The van der Waals surface area contributed by atoms with E-state index in [9.17, 15) is 4.79 Å². The Hall–Kier alpha value is -1.44. The average molecular weight is 349 g/mol. The van der Waals surface area contributed by atoms with Gasteiger partial charge >= 0.3 is 5.97 Å². The normalized spacial score (nSPS) is 10.6. The van der Waals surface area contributed by atoms with Gasteiger partial charge in [-0.15, -0.1) is 10.2 Å². The third kappa shape index (κ3) is 4.03. The second kappa shape index (κ2) is 7.02. The molecule has 1 aromatic heterocycles. The number of thioether (sulfide) groups is 1. The van der Waals surface area contributed by atoms with Gasteiger partial charge in [0.1, 0.15) is 5.75 Å². The fourth-order valence-corrected chi connectivity index (χ4v) is 2.76. The second-order valence-electron chi connectivity index (χ2n) is 3.83. The zero-order valence-electron chi connectivity index (χ0n) is 10.8. The molecular formula is C12H10Cl2N2O4S. The molecule has 0 aliphatic heterocycles. The average Bonchev–Trinajstić information content (AvgIpc) is 2.85. The van der Waals surface area contributed by atoms with E-state index in [1.54, 1.807) is 12.1 Å². The zero-order chi connectivity index (χ0) is 15.4. The number of benzene rings is 1. The largest absolute Gasteiger partial charge is 0.496 e. The van der Waals surface area contributed by atoms with Crippen LogP contribution in [0.4, 0.5) is 0 Å². The number of hydrogen-bond acceptors (Lipinski definition) is 6. The van der Waals surface area contributed by atoms with E-state index in [1.807, 2.05) is 0 Å². The Morgan fingerprint density at radius 1 is 1.43 bits per heavy atom. The highest BCUT2D eigenvalue weighted by Crippen LogP contribution is 2.39. The summed E-state index contributed by atoms with van der Waals surface area (Å²) in [7, 11) is 1.48. The van der Waals surface area contributed by atoms with Gasteiger partial charge in [0.05, 0.1) is 24.1 Å². The lowest BCUT2D eigenvalue weighted by molar-refractivity contribution is -0.136. The molecule has 1 aromatic carbocycles. The van der Waals surface area contributed by atoms with Crippen LogP contribution >= 0.6 is 35.0 Å². The van der Waals surface area contributed by atoms with Crippen LogP contribution in [0.15, 0.2) is 21.8 Å². The molecule has 0 unspecified atom stereocenters. The van der Waals surface area contributed by atoms with Gasteiger partial charge in [0.25, 0.3) is 11.1 Å². The lowest BCUT2D eigenvalue weighted by atomic mass is 10.2. The number of hydrogen-bond donors (Lipinski definition) is 1. The summed E-state index contributed by atoms with van der Waals surface area (Å²) in [5.74, 6) is 0.0526. The van der Waals surface area contributed by atoms with Gasteiger partial charge in [-0.2, -0.15) is 0 Å². The van der Waals surface area contributed by atoms with Crippen LogP contribution in [0.1, 0.15) is 6.42 Å². The molecule has 2 aromatic rings. The van der Waals surface area contributed by atoms with Crippen LogP contribution in [0.25, 0.3) is 11.5 Å². The molecule has 0 bridgehead atoms. The first-order chi connectivity index (χ1) is 10.0. The molecule has 0 atom stereocenters. The minimum Gasteiger partial charge on any atom is -0.496 e. The number of carbonyl (C=O) groups is 1. The molecular weight excluding hydrogens is 339 g/mol. The van der Waals surface area contributed by atoms with Crippen LogP contribution in [0.5, 0.6) is 5.75 Å². The van der Waals surface area contributed by atoms with E-state index in [-0.39, 0.29) is 17.5 Å². The molecule has 21 heavy (non-hydrogen) atoms. The predicted molar refractivity (Wildman–Crippen MR) is 79.3 cm³/mol. The Morgan fingerprint density at radius 2 is 2.19 bits per heavy atom. The maximum absolute atomic E-state index is 10.4. The van der Waals surface area contributed by atoms with Gasteiger partial charge in [-0.1, -0.05) is 35.0 Å². The summed E-state index contributed by atoms with van der Waals surface area (Å²) in [6.07, 6.45) is 0.00734. The van der Waals surface area contributed by atoms with Crippen LogP contribution < -0.4 is 4.74 Å². The standard InChI is InChI=1S/C12H10Cl2N2O4S/c1-19-8-5-6(13)4-7(14)10(8)11-15-16-12(20-11)21-3-2-9(17)18/h4-5H,2-3H2,1H3,(H,17,18). The van der Waals surface area contributed by atoms with Crippen molar-refractivity contribution < 1.29 is 19.1 Å². The summed E-state index contributed by atoms with van der Waals surface area (Å²) in [5.41, 5.74) is 0.446. The Kier molecular flexibility index (Phi) is 5.33. The van der Waals surface area contributed by atoms with E-state index >= 15 is 0 Å². The molecule has 0 spiro atoms. The summed E-state index contributed by atoms with van der Waals surface area (Å²) in [6, 6.07) is 3.13. The highest BCUT2D eigenvalue weighted by Gasteiger charge is 2.18. The van der Waals surface area contributed by atoms with Crippen molar-refractivity contribution in [3.8, 4) is 17.2 Å². The van der Waals surface area contributed by atoms with Crippen LogP contribution in [0.2, 0.25) is 10.0 Å². The van der Waals surface area contributed by atoms with Gasteiger partial charge < -0.3 is 14.3 Å². The Bertz CT molecular complexity index is 663. The van der Waals surface area contributed by atoms with Crippen molar-refractivity contribution >= 4 is 40.9 Å². The molecule has 6 nitrogen and oxygen atoms in total. The number of rotatable bonds is 6. The molecule has 0 saturated heterocycles. The van der Waals surface area contributed by atoms with Gasteiger partial charge in [-0.3, -0.25) is 4.79 Å². The number of carboxylic acid groups (broad SMARTS) is 1. The monoisotopic (exact) mass is 348 g/mol. The van der Waals surface area contributed by atoms with Gasteiger partial charge in [0.2, 0.25) is 0 Å². The Balaban J connectivity index is 2.23. The predicted octanol–water partition coefficient (Wildman–Crippen LogP) is 3.62. The summed E-state index contributed by atoms with van der Waals surface area (Å²) in [6.45, 7) is 0. The van der Waals surface area contributed by atoms with Gasteiger partial charge in [0, 0.05) is 10.8 Å². The van der Waals surface area contributed by atoms with Gasteiger partial charge in [-0.05, 0) is 12.1 Å². The summed E-state index contributed by atoms with van der Waals surface area (Å²) in [4.78, 5) is 10.4. The van der Waals surface area contributed by atoms with Gasteiger partial charge in [-0.25, -0.2) is 0 Å². The number of carboxylic acids is 1. The van der Waals surface area contributed by atoms with E-state index in [4.69, 9.17) is 37.5 Å². The molecule has 0 fully saturated rings. The van der Waals surface area contributed by atoms with Crippen LogP contribution in [0.3, 0.4) is 0 Å². The highest BCUT2D eigenvalue weighted by molar-refractivity contribution is 7.99. The highest BCUT2D eigenvalue weighted by atomic mass is 35.5. The van der Waals surface area contributed by atoms with E-state index in [2.05, 4.69) is 10.2 Å². The van der Waals surface area contributed by atoms with E-state index < -0.39 is 5.97 Å². The molecule has 0 aliphatic carbocycles. The molecule has 1 N–H and O–H groups in total. The first-order valence-corrected chi connectivity index (χ1v) is 7.47. The molecule has 0 saturated carbocycles. The molecule has 0 aliphatic rings. The maximum atomic E-state index is 10.4. The van der Waals surface area contributed by atoms with Crippen molar-refractivity contribution in [2.24, 2.45) is 0 Å². The quantitative estimate of drug-likeness (QED) is 0.797. The van der Waals surface area contributed by atoms with Crippen molar-refractivity contribution in [3.63, 3.8) is 0 Å². The SMILES string of the molecule is COc1cc(Cl)cc(Cl)c1-c1nnc(SCCC(=O)O)o1. The van der Waals surface area contributed by atoms with Crippen molar-refractivity contribution in [3.05, 3.63) is 22.2 Å². The smallest absolute Gasteiger partial charge is 0.304 e. The minimum absolute atomic E-state index is 0.00734. The maximum Gasteiger partial charge on any atom is 0.304 e. The van der Waals surface area contributed by atoms with E-state index in [0.717, 1.165) is 11.8 Å². The van der Waals surface area contributed by atoms with Crippen molar-refractivity contribution in [1.29, 1.82) is 0 Å². The summed E-state index contributed by atoms with van der Waals surface area (Å²) in [5, 5.41) is 17.3. The first-order valence-electron chi connectivity index (χ1n) is 5.72.